The van der Waals surface area contributed by atoms with Gasteiger partial charge in [0.1, 0.15) is 18.2 Å². The Morgan fingerprint density at radius 1 is 0.972 bits per heavy atom. The minimum atomic E-state index is -0.491. The molecule has 0 aliphatic carbocycles. The quantitative estimate of drug-likeness (QED) is 0.354. The van der Waals surface area contributed by atoms with E-state index in [4.69, 9.17) is 24.2 Å². The van der Waals surface area contributed by atoms with Crippen LogP contribution >= 0.6 is 0 Å². The lowest BCUT2D eigenvalue weighted by Gasteiger charge is -2.13. The molecule has 1 N–H and O–H groups in total. The predicted molar refractivity (Wildman–Crippen MR) is 131 cm³/mol. The van der Waals surface area contributed by atoms with Crippen LogP contribution in [0.4, 0.5) is 0 Å². The smallest absolute Gasteiger partial charge is 0.262 e. The molecule has 180 valence electrons. The molecule has 0 bridgehead atoms. The van der Waals surface area contributed by atoms with Crippen LogP contribution in [0.5, 0.6) is 23.0 Å². The van der Waals surface area contributed by atoms with Crippen molar-refractivity contribution in [1.82, 2.24) is 5.32 Å². The number of amides is 1. The number of benzene rings is 3. The van der Waals surface area contributed by atoms with E-state index in [-0.39, 0.29) is 18.9 Å². The van der Waals surface area contributed by atoms with Crippen LogP contribution < -0.4 is 24.3 Å². The molecule has 0 aromatic heterocycles. The van der Waals surface area contributed by atoms with Gasteiger partial charge < -0.3 is 24.3 Å². The van der Waals surface area contributed by atoms with Gasteiger partial charge in [0.05, 0.1) is 18.2 Å². The van der Waals surface area contributed by atoms with Crippen molar-refractivity contribution in [1.29, 1.82) is 10.5 Å². The molecule has 8 nitrogen and oxygen atoms in total. The SMILES string of the molecule is CCOc1cc(/C=C(\C#N)C(=O)NCc2ccc3c(c2)OCO3)ccc1OCc1ccc(C#N)cc1. The lowest BCUT2D eigenvalue weighted by Crippen LogP contribution is -2.23. The number of rotatable bonds is 9. The molecule has 1 aliphatic rings. The molecule has 4 rings (SSSR count). The van der Waals surface area contributed by atoms with Crippen molar-refractivity contribution < 1.29 is 23.7 Å². The number of nitrogens with zero attached hydrogens (tertiary/aromatic N) is 2. The minimum Gasteiger partial charge on any atom is -0.490 e. The highest BCUT2D eigenvalue weighted by molar-refractivity contribution is 6.01. The van der Waals surface area contributed by atoms with E-state index in [1.54, 1.807) is 42.5 Å². The molecule has 0 spiro atoms. The van der Waals surface area contributed by atoms with E-state index in [1.165, 1.54) is 6.08 Å². The molecule has 0 saturated heterocycles. The highest BCUT2D eigenvalue weighted by Crippen LogP contribution is 2.32. The van der Waals surface area contributed by atoms with Gasteiger partial charge in [0.25, 0.3) is 5.91 Å². The van der Waals surface area contributed by atoms with Gasteiger partial charge in [0.15, 0.2) is 23.0 Å². The number of hydrogen-bond donors (Lipinski definition) is 1. The maximum Gasteiger partial charge on any atom is 0.262 e. The summed E-state index contributed by atoms with van der Waals surface area (Å²) < 4.78 is 22.3. The zero-order chi connectivity index (χ0) is 25.3. The maximum absolute atomic E-state index is 12.6. The fourth-order valence-corrected chi connectivity index (χ4v) is 3.48. The minimum absolute atomic E-state index is 0.0376. The zero-order valence-corrected chi connectivity index (χ0v) is 19.6. The van der Waals surface area contributed by atoms with Crippen LogP contribution in [0.25, 0.3) is 6.08 Å². The maximum atomic E-state index is 12.6. The molecule has 8 heteroatoms. The van der Waals surface area contributed by atoms with E-state index >= 15 is 0 Å². The third kappa shape index (κ3) is 5.94. The summed E-state index contributed by atoms with van der Waals surface area (Å²) in [6.07, 6.45) is 1.50. The first-order valence-corrected chi connectivity index (χ1v) is 11.3. The molecule has 1 aliphatic heterocycles. The van der Waals surface area contributed by atoms with E-state index in [0.29, 0.717) is 47.3 Å². The van der Waals surface area contributed by atoms with Crippen LogP contribution in [0.3, 0.4) is 0 Å². The van der Waals surface area contributed by atoms with Crippen molar-refractivity contribution in [2.75, 3.05) is 13.4 Å². The summed E-state index contributed by atoms with van der Waals surface area (Å²) in [7, 11) is 0. The summed E-state index contributed by atoms with van der Waals surface area (Å²) in [6, 6.07) is 21.8. The Hall–Kier alpha value is -4.95. The third-order valence-electron chi connectivity index (χ3n) is 5.31. The van der Waals surface area contributed by atoms with Crippen LogP contribution in [-0.4, -0.2) is 19.3 Å². The van der Waals surface area contributed by atoms with Crippen LogP contribution in [-0.2, 0) is 17.9 Å². The van der Waals surface area contributed by atoms with Gasteiger partial charge >= 0.3 is 0 Å². The molecule has 0 atom stereocenters. The van der Waals surface area contributed by atoms with Crippen molar-refractivity contribution in [3.63, 3.8) is 0 Å². The van der Waals surface area contributed by atoms with Crippen molar-refractivity contribution in [2.45, 2.75) is 20.1 Å². The zero-order valence-electron chi connectivity index (χ0n) is 19.6. The van der Waals surface area contributed by atoms with Gasteiger partial charge in [-0.3, -0.25) is 4.79 Å². The Labute approximate surface area is 208 Å². The second kappa shape index (κ2) is 11.5. The number of carbonyl (C=O) groups excluding carboxylic acids is 1. The molecule has 0 unspecified atom stereocenters. The Kier molecular flexibility index (Phi) is 7.70. The van der Waals surface area contributed by atoms with Gasteiger partial charge in [-0.1, -0.05) is 24.3 Å². The average molecular weight is 482 g/mol. The summed E-state index contributed by atoms with van der Waals surface area (Å²) in [5, 5.41) is 21.3. The van der Waals surface area contributed by atoms with Gasteiger partial charge in [0.2, 0.25) is 6.79 Å². The molecule has 3 aromatic rings. The first-order chi connectivity index (χ1) is 17.6. The Morgan fingerprint density at radius 3 is 2.50 bits per heavy atom. The lowest BCUT2D eigenvalue weighted by molar-refractivity contribution is -0.117. The normalized spacial score (nSPS) is 11.8. The number of nitriles is 2. The van der Waals surface area contributed by atoms with Gasteiger partial charge in [0, 0.05) is 6.54 Å². The van der Waals surface area contributed by atoms with Gasteiger partial charge in [-0.2, -0.15) is 10.5 Å². The summed E-state index contributed by atoms with van der Waals surface area (Å²) in [4.78, 5) is 12.6. The Morgan fingerprint density at radius 2 is 1.75 bits per heavy atom. The summed E-state index contributed by atoms with van der Waals surface area (Å²) in [6.45, 7) is 2.99. The Balaban J connectivity index is 1.43. The summed E-state index contributed by atoms with van der Waals surface area (Å²) >= 11 is 0. The molecule has 1 heterocycles. The van der Waals surface area contributed by atoms with Crippen molar-refractivity contribution in [2.24, 2.45) is 0 Å². The van der Waals surface area contributed by atoms with E-state index in [2.05, 4.69) is 11.4 Å². The fourth-order valence-electron chi connectivity index (χ4n) is 3.48. The number of fused-ring (bicyclic) bond motifs is 1. The van der Waals surface area contributed by atoms with Gasteiger partial charge in [-0.15, -0.1) is 0 Å². The van der Waals surface area contributed by atoms with Crippen LogP contribution in [0.15, 0.2) is 66.2 Å². The number of carbonyl (C=O) groups is 1. The van der Waals surface area contributed by atoms with Crippen molar-refractivity contribution >= 4 is 12.0 Å². The molecule has 36 heavy (non-hydrogen) atoms. The molecular weight excluding hydrogens is 458 g/mol. The van der Waals surface area contributed by atoms with Crippen LogP contribution in [0.1, 0.15) is 29.2 Å². The second-order valence-corrected chi connectivity index (χ2v) is 7.78. The van der Waals surface area contributed by atoms with Crippen LogP contribution in [0, 0.1) is 22.7 Å². The molecular formula is C28H23N3O5. The largest absolute Gasteiger partial charge is 0.490 e. The second-order valence-electron chi connectivity index (χ2n) is 7.78. The molecule has 1 amide bonds. The first-order valence-electron chi connectivity index (χ1n) is 11.3. The monoisotopic (exact) mass is 481 g/mol. The van der Waals surface area contributed by atoms with E-state index in [1.807, 2.05) is 31.2 Å². The van der Waals surface area contributed by atoms with E-state index in [0.717, 1.165) is 11.1 Å². The molecule has 0 radical (unpaired) electrons. The number of hydrogen-bond acceptors (Lipinski definition) is 7. The standard InChI is InChI=1S/C28H23N3O5/c1-2-33-26-12-21(7-9-24(26)34-17-20-5-3-19(14-29)4-6-20)11-23(15-30)28(32)31-16-22-8-10-25-27(13-22)36-18-35-25/h3-13H,2,16-18H2,1H3,(H,31,32)/b23-11+. The number of ether oxygens (including phenoxy) is 4. The molecule has 3 aromatic carbocycles. The fraction of sp³-hybridized carbons (Fsp3) is 0.179. The summed E-state index contributed by atoms with van der Waals surface area (Å²) in [5.41, 5.74) is 2.90. The molecule has 0 saturated carbocycles. The van der Waals surface area contributed by atoms with E-state index < -0.39 is 5.91 Å². The number of nitrogens with one attached hydrogen (secondary N) is 1. The van der Waals surface area contributed by atoms with Crippen LogP contribution in [0.2, 0.25) is 0 Å². The van der Waals surface area contributed by atoms with Gasteiger partial charge in [-0.05, 0) is 66.1 Å². The topological polar surface area (TPSA) is 114 Å². The highest BCUT2D eigenvalue weighted by atomic mass is 16.7. The Bertz CT molecular complexity index is 1370. The average Bonchev–Trinajstić information content (AvgIpc) is 3.38. The third-order valence-corrected chi connectivity index (χ3v) is 5.31. The predicted octanol–water partition coefficient (Wildman–Crippen LogP) is 4.49. The molecule has 0 fully saturated rings. The van der Waals surface area contributed by atoms with Crippen molar-refractivity contribution in [3.05, 3.63) is 88.5 Å². The van der Waals surface area contributed by atoms with Gasteiger partial charge in [-0.25, -0.2) is 0 Å². The lowest BCUT2D eigenvalue weighted by atomic mass is 10.1. The first kappa shape index (κ1) is 24.2. The van der Waals surface area contributed by atoms with Crippen molar-refractivity contribution in [3.8, 4) is 35.1 Å². The van der Waals surface area contributed by atoms with E-state index in [9.17, 15) is 10.1 Å². The highest BCUT2D eigenvalue weighted by Gasteiger charge is 2.15. The summed E-state index contributed by atoms with van der Waals surface area (Å²) in [5.74, 6) is 1.83.